The Kier molecular flexibility index (Phi) is 8.79. The molecule has 0 amide bonds. The predicted molar refractivity (Wildman–Crippen MR) is 260 cm³/mol. The summed E-state index contributed by atoms with van der Waals surface area (Å²) in [6.07, 6.45) is 0. The highest BCUT2D eigenvalue weighted by Gasteiger charge is 2.20. The molecule has 10 aromatic carbocycles. The summed E-state index contributed by atoms with van der Waals surface area (Å²) in [5.74, 6) is 1.74. The highest BCUT2D eigenvalue weighted by Crippen LogP contribution is 2.41. The lowest BCUT2D eigenvalue weighted by Crippen LogP contribution is -2.01. The van der Waals surface area contributed by atoms with E-state index < -0.39 is 0 Å². The van der Waals surface area contributed by atoms with Crippen LogP contribution in [-0.2, 0) is 0 Å². The smallest absolute Gasteiger partial charge is 0.164 e. The zero-order chi connectivity index (χ0) is 41.7. The van der Waals surface area contributed by atoms with Crippen LogP contribution in [0.5, 0.6) is 0 Å². The number of furan rings is 1. The average molecular weight is 804 g/mol. The third-order valence-corrected chi connectivity index (χ3v) is 12.1. The minimum atomic E-state index is 0.564. The maximum Gasteiger partial charge on any atom is 0.164 e. The summed E-state index contributed by atoms with van der Waals surface area (Å²) in [6, 6.07) is 78.8. The highest BCUT2D eigenvalue weighted by molar-refractivity contribution is 6.13. The van der Waals surface area contributed by atoms with Gasteiger partial charge in [0.2, 0.25) is 0 Å². The summed E-state index contributed by atoms with van der Waals surface area (Å²) < 4.78 is 6.58. The Bertz CT molecular complexity index is 3670. The second-order valence-electron chi connectivity index (χ2n) is 15.9. The van der Waals surface area contributed by atoms with Crippen LogP contribution in [0, 0.1) is 0 Å². The lowest BCUT2D eigenvalue weighted by atomic mass is 9.91. The van der Waals surface area contributed by atoms with E-state index in [1.165, 1.54) is 21.9 Å². The van der Waals surface area contributed by atoms with E-state index in [2.05, 4.69) is 206 Å². The van der Waals surface area contributed by atoms with E-state index in [0.717, 1.165) is 82.8 Å². The Balaban J connectivity index is 1.07. The molecule has 4 heteroatoms. The number of aromatic nitrogens is 3. The lowest BCUT2D eigenvalue weighted by Gasteiger charge is -2.14. The summed E-state index contributed by atoms with van der Waals surface area (Å²) in [5, 5.41) is 6.81. The van der Waals surface area contributed by atoms with Crippen molar-refractivity contribution in [2.75, 3.05) is 0 Å². The van der Waals surface area contributed by atoms with E-state index in [1.807, 2.05) is 18.2 Å². The molecule has 294 valence electrons. The minimum Gasteiger partial charge on any atom is -0.456 e. The SMILES string of the molecule is c1ccc(-c2cccc3ccc(-c4nc(-c5cccc(-c6ccc(-c7ccccc7)c7ccccc67)c5)nc(-c5cc(-c6ccccc6)c6c(c5)oc5ccccc56)n4)cc23)cc1. The van der Waals surface area contributed by atoms with Gasteiger partial charge < -0.3 is 4.42 Å². The van der Waals surface area contributed by atoms with Gasteiger partial charge >= 0.3 is 0 Å². The average Bonchev–Trinajstić information content (AvgIpc) is 3.75. The van der Waals surface area contributed by atoms with Gasteiger partial charge in [-0.1, -0.05) is 194 Å². The van der Waals surface area contributed by atoms with E-state index in [-0.39, 0.29) is 0 Å². The van der Waals surface area contributed by atoms with Crippen LogP contribution in [0.15, 0.2) is 229 Å². The molecule has 0 bridgehead atoms. The van der Waals surface area contributed by atoms with Gasteiger partial charge in [0, 0.05) is 27.5 Å². The molecule has 0 saturated heterocycles. The Morgan fingerprint density at radius 2 is 0.746 bits per heavy atom. The Hall–Kier alpha value is -8.47. The molecular weight excluding hydrogens is 767 g/mol. The van der Waals surface area contributed by atoms with E-state index in [1.54, 1.807) is 0 Å². The van der Waals surface area contributed by atoms with E-state index in [9.17, 15) is 0 Å². The number of nitrogens with zero attached hydrogens (tertiary/aromatic N) is 3. The zero-order valence-corrected chi connectivity index (χ0v) is 34.1. The third-order valence-electron chi connectivity index (χ3n) is 12.1. The standard InChI is InChI=1S/C59H37N3O/c1-4-16-38(17-5-1)46-28-15-22-41-30-31-44(35-52(41)46)58-60-57(43-24-14-23-42(34-43)48-33-32-47(39-18-6-2-7-19-39)49-25-10-11-26-50(48)49)61-59(62-58)45-36-53(40-20-8-3-9-21-40)56-51-27-12-13-29-54(51)63-55(56)37-45/h1-37H. The van der Waals surface area contributed by atoms with Crippen molar-refractivity contribution in [3.63, 3.8) is 0 Å². The topological polar surface area (TPSA) is 51.8 Å². The van der Waals surface area contributed by atoms with Crippen LogP contribution in [0.25, 0.3) is 122 Å². The normalized spacial score (nSPS) is 11.5. The summed E-state index contributed by atoms with van der Waals surface area (Å²) in [4.78, 5) is 15.9. The largest absolute Gasteiger partial charge is 0.456 e. The molecule has 4 nitrogen and oxygen atoms in total. The van der Waals surface area contributed by atoms with Crippen molar-refractivity contribution in [1.82, 2.24) is 15.0 Å². The van der Waals surface area contributed by atoms with Crippen molar-refractivity contribution in [3.05, 3.63) is 224 Å². The fourth-order valence-corrected chi connectivity index (χ4v) is 9.12. The first-order valence-corrected chi connectivity index (χ1v) is 21.3. The fraction of sp³-hybridized carbons (Fsp3) is 0. The van der Waals surface area contributed by atoms with Crippen LogP contribution in [0.2, 0.25) is 0 Å². The van der Waals surface area contributed by atoms with Gasteiger partial charge in [-0.2, -0.15) is 0 Å². The molecule has 0 unspecified atom stereocenters. The molecule has 2 aromatic heterocycles. The maximum absolute atomic E-state index is 6.58. The Labute approximate surface area is 364 Å². The number of hydrogen-bond acceptors (Lipinski definition) is 4. The molecular formula is C59H37N3O. The number of hydrogen-bond donors (Lipinski definition) is 0. The van der Waals surface area contributed by atoms with Crippen LogP contribution in [0.4, 0.5) is 0 Å². The molecule has 0 aliphatic rings. The van der Waals surface area contributed by atoms with E-state index in [4.69, 9.17) is 19.4 Å². The summed E-state index contributed by atoms with van der Waals surface area (Å²) >= 11 is 0. The quantitative estimate of drug-likeness (QED) is 0.161. The van der Waals surface area contributed by atoms with Crippen LogP contribution >= 0.6 is 0 Å². The second kappa shape index (κ2) is 15.2. The van der Waals surface area contributed by atoms with Gasteiger partial charge in [0.15, 0.2) is 17.5 Å². The molecule has 0 fully saturated rings. The molecule has 63 heavy (non-hydrogen) atoms. The summed E-state index contributed by atoms with van der Waals surface area (Å²) in [5.41, 5.74) is 13.4. The number of rotatable bonds is 7. The molecule has 0 atom stereocenters. The van der Waals surface area contributed by atoms with Gasteiger partial charge in [-0.15, -0.1) is 0 Å². The van der Waals surface area contributed by atoms with Gasteiger partial charge in [0.25, 0.3) is 0 Å². The molecule has 0 saturated carbocycles. The summed E-state index contributed by atoms with van der Waals surface area (Å²) in [6.45, 7) is 0. The van der Waals surface area contributed by atoms with Gasteiger partial charge in [-0.05, 0) is 96.4 Å². The van der Waals surface area contributed by atoms with Crippen LogP contribution in [0.1, 0.15) is 0 Å². The maximum atomic E-state index is 6.58. The third kappa shape index (κ3) is 6.53. The first-order valence-electron chi connectivity index (χ1n) is 21.3. The molecule has 0 radical (unpaired) electrons. The molecule has 0 spiro atoms. The van der Waals surface area contributed by atoms with Crippen LogP contribution in [-0.4, -0.2) is 15.0 Å². The van der Waals surface area contributed by atoms with Crippen molar-refractivity contribution in [3.8, 4) is 78.7 Å². The Morgan fingerprint density at radius 3 is 1.41 bits per heavy atom. The van der Waals surface area contributed by atoms with Gasteiger partial charge in [0.1, 0.15) is 11.2 Å². The first-order chi connectivity index (χ1) is 31.2. The number of para-hydroxylation sites is 1. The zero-order valence-electron chi connectivity index (χ0n) is 34.1. The van der Waals surface area contributed by atoms with Crippen molar-refractivity contribution in [2.45, 2.75) is 0 Å². The first kappa shape index (κ1) is 36.4. The minimum absolute atomic E-state index is 0.564. The molecule has 0 aliphatic heterocycles. The van der Waals surface area contributed by atoms with E-state index in [0.29, 0.717) is 17.5 Å². The molecule has 12 aromatic rings. The second-order valence-corrected chi connectivity index (χ2v) is 15.9. The Morgan fingerprint density at radius 1 is 0.254 bits per heavy atom. The molecule has 2 heterocycles. The predicted octanol–water partition coefficient (Wildman–Crippen LogP) is 15.7. The van der Waals surface area contributed by atoms with Crippen molar-refractivity contribution < 1.29 is 4.42 Å². The van der Waals surface area contributed by atoms with Crippen molar-refractivity contribution in [2.24, 2.45) is 0 Å². The number of fused-ring (bicyclic) bond motifs is 5. The monoisotopic (exact) mass is 803 g/mol. The molecule has 12 rings (SSSR count). The van der Waals surface area contributed by atoms with Crippen molar-refractivity contribution >= 4 is 43.5 Å². The van der Waals surface area contributed by atoms with Gasteiger partial charge in [-0.25, -0.2) is 15.0 Å². The lowest BCUT2D eigenvalue weighted by molar-refractivity contribution is 0.669. The van der Waals surface area contributed by atoms with Crippen LogP contribution < -0.4 is 0 Å². The molecule has 0 aliphatic carbocycles. The van der Waals surface area contributed by atoms with Crippen LogP contribution in [0.3, 0.4) is 0 Å². The van der Waals surface area contributed by atoms with Gasteiger partial charge in [-0.3, -0.25) is 0 Å². The van der Waals surface area contributed by atoms with E-state index >= 15 is 0 Å². The summed E-state index contributed by atoms with van der Waals surface area (Å²) in [7, 11) is 0. The molecule has 0 N–H and O–H groups in total. The number of benzene rings is 10. The van der Waals surface area contributed by atoms with Gasteiger partial charge in [0.05, 0.1) is 0 Å². The fourth-order valence-electron chi connectivity index (χ4n) is 9.12. The van der Waals surface area contributed by atoms with Crippen molar-refractivity contribution in [1.29, 1.82) is 0 Å². The highest BCUT2D eigenvalue weighted by atomic mass is 16.3.